The third-order valence-corrected chi connectivity index (χ3v) is 3.70. The van der Waals surface area contributed by atoms with E-state index in [9.17, 15) is 18.3 Å². The molecule has 19 heavy (non-hydrogen) atoms. The first kappa shape index (κ1) is 14.5. The van der Waals surface area contributed by atoms with Crippen LogP contribution in [0.2, 0.25) is 5.02 Å². The van der Waals surface area contributed by atoms with Gasteiger partial charge in [0.05, 0.1) is 5.56 Å². The second kappa shape index (κ2) is 5.59. The van der Waals surface area contributed by atoms with Gasteiger partial charge in [-0.1, -0.05) is 18.0 Å². The van der Waals surface area contributed by atoms with Crippen LogP contribution in [-0.2, 0) is 12.6 Å². The van der Waals surface area contributed by atoms with Crippen LogP contribution < -0.4 is 5.32 Å². The summed E-state index contributed by atoms with van der Waals surface area (Å²) in [5.41, 5.74) is -0.538. The molecule has 1 atom stereocenters. The highest BCUT2D eigenvalue weighted by Gasteiger charge is 2.32. The van der Waals surface area contributed by atoms with E-state index in [-0.39, 0.29) is 16.8 Å². The number of nitrogens with one attached hydrogen (secondary N) is 1. The summed E-state index contributed by atoms with van der Waals surface area (Å²) in [4.78, 5) is 0. The first-order valence-electron chi connectivity index (χ1n) is 6.20. The van der Waals surface area contributed by atoms with Crippen LogP contribution in [0.25, 0.3) is 0 Å². The minimum Gasteiger partial charge on any atom is -0.508 e. The van der Waals surface area contributed by atoms with E-state index in [1.165, 1.54) is 0 Å². The van der Waals surface area contributed by atoms with Crippen LogP contribution in [0.15, 0.2) is 12.1 Å². The summed E-state index contributed by atoms with van der Waals surface area (Å²) < 4.78 is 37.7. The molecular formula is C13H15ClF3NO. The number of aromatic hydroxyl groups is 1. The Morgan fingerprint density at radius 1 is 1.32 bits per heavy atom. The van der Waals surface area contributed by atoms with E-state index in [0.717, 1.165) is 37.9 Å². The number of halogens is 4. The molecule has 2 nitrogen and oxygen atoms in total. The van der Waals surface area contributed by atoms with E-state index in [4.69, 9.17) is 11.6 Å². The van der Waals surface area contributed by atoms with Gasteiger partial charge in [0.25, 0.3) is 0 Å². The Hall–Kier alpha value is -0.940. The zero-order valence-corrected chi connectivity index (χ0v) is 11.0. The van der Waals surface area contributed by atoms with Crippen molar-refractivity contribution in [1.29, 1.82) is 0 Å². The van der Waals surface area contributed by atoms with Crippen LogP contribution in [-0.4, -0.2) is 17.7 Å². The molecule has 1 heterocycles. The summed E-state index contributed by atoms with van der Waals surface area (Å²) in [5.74, 6) is -0.382. The van der Waals surface area contributed by atoms with Gasteiger partial charge in [-0.2, -0.15) is 13.2 Å². The summed E-state index contributed by atoms with van der Waals surface area (Å²) in [5, 5.41) is 13.0. The van der Waals surface area contributed by atoms with Gasteiger partial charge in [0.2, 0.25) is 0 Å². The molecule has 106 valence electrons. The van der Waals surface area contributed by atoms with Gasteiger partial charge in [-0.15, -0.1) is 0 Å². The standard InChI is InChI=1S/C13H15ClF3NO/c14-11-5-8(13(15,16)17)6-12(19)10(11)7-9-3-1-2-4-18-9/h5-6,9,18-19H,1-4,7H2. The van der Waals surface area contributed by atoms with Crippen molar-refractivity contribution in [1.82, 2.24) is 5.32 Å². The Kier molecular flexibility index (Phi) is 4.26. The van der Waals surface area contributed by atoms with Gasteiger partial charge in [-0.05, 0) is 37.9 Å². The van der Waals surface area contributed by atoms with Crippen LogP contribution in [0.3, 0.4) is 0 Å². The van der Waals surface area contributed by atoms with E-state index < -0.39 is 11.7 Å². The largest absolute Gasteiger partial charge is 0.508 e. The second-order valence-corrected chi connectivity index (χ2v) is 5.21. The molecule has 1 aliphatic heterocycles. The molecule has 1 aliphatic rings. The van der Waals surface area contributed by atoms with Crippen molar-refractivity contribution < 1.29 is 18.3 Å². The summed E-state index contributed by atoms with van der Waals surface area (Å²) in [6, 6.07) is 1.78. The number of phenols is 1. The Morgan fingerprint density at radius 3 is 2.58 bits per heavy atom. The predicted octanol–water partition coefficient (Wildman–Crippen LogP) is 3.75. The summed E-state index contributed by atoms with van der Waals surface area (Å²) in [6.07, 6.45) is -0.928. The monoisotopic (exact) mass is 293 g/mol. The minimum atomic E-state index is -4.50. The Morgan fingerprint density at radius 2 is 2.05 bits per heavy atom. The number of phenolic OH excluding ortho intramolecular Hbond substituents is 1. The number of piperidine rings is 1. The molecule has 0 aliphatic carbocycles. The topological polar surface area (TPSA) is 32.3 Å². The Balaban J connectivity index is 2.21. The molecule has 0 bridgehead atoms. The van der Waals surface area contributed by atoms with Crippen molar-refractivity contribution in [2.75, 3.05) is 6.54 Å². The lowest BCUT2D eigenvalue weighted by molar-refractivity contribution is -0.137. The zero-order chi connectivity index (χ0) is 14.0. The average molecular weight is 294 g/mol. The third-order valence-electron chi connectivity index (χ3n) is 3.36. The summed E-state index contributed by atoms with van der Waals surface area (Å²) >= 11 is 5.87. The highest BCUT2D eigenvalue weighted by Crippen LogP contribution is 2.37. The van der Waals surface area contributed by atoms with Crippen molar-refractivity contribution in [2.45, 2.75) is 37.9 Å². The lowest BCUT2D eigenvalue weighted by atomic mass is 9.96. The molecule has 1 aromatic rings. The summed E-state index contributed by atoms with van der Waals surface area (Å²) in [6.45, 7) is 0.893. The lowest BCUT2D eigenvalue weighted by Gasteiger charge is -2.24. The third kappa shape index (κ3) is 3.54. The SMILES string of the molecule is Oc1cc(C(F)(F)F)cc(Cl)c1CC1CCCCN1. The van der Waals surface area contributed by atoms with E-state index >= 15 is 0 Å². The van der Waals surface area contributed by atoms with Gasteiger partial charge < -0.3 is 10.4 Å². The van der Waals surface area contributed by atoms with E-state index in [1.807, 2.05) is 0 Å². The van der Waals surface area contributed by atoms with Crippen LogP contribution in [0.5, 0.6) is 5.75 Å². The second-order valence-electron chi connectivity index (χ2n) is 4.80. The fraction of sp³-hybridized carbons (Fsp3) is 0.538. The number of hydrogen-bond donors (Lipinski definition) is 2. The average Bonchev–Trinajstić information content (AvgIpc) is 2.33. The van der Waals surface area contributed by atoms with Gasteiger partial charge >= 0.3 is 6.18 Å². The zero-order valence-electron chi connectivity index (χ0n) is 10.2. The van der Waals surface area contributed by atoms with Crippen LogP contribution in [0.1, 0.15) is 30.4 Å². The van der Waals surface area contributed by atoms with Crippen molar-refractivity contribution in [3.63, 3.8) is 0 Å². The van der Waals surface area contributed by atoms with E-state index in [2.05, 4.69) is 5.32 Å². The molecule has 1 unspecified atom stereocenters. The fourth-order valence-corrected chi connectivity index (χ4v) is 2.62. The van der Waals surface area contributed by atoms with Crippen LogP contribution in [0, 0.1) is 0 Å². The maximum Gasteiger partial charge on any atom is 0.416 e. The molecule has 0 saturated carbocycles. The smallest absolute Gasteiger partial charge is 0.416 e. The molecule has 6 heteroatoms. The van der Waals surface area contributed by atoms with Gasteiger partial charge in [-0.3, -0.25) is 0 Å². The quantitative estimate of drug-likeness (QED) is 0.870. The molecule has 1 fully saturated rings. The summed E-state index contributed by atoms with van der Waals surface area (Å²) in [7, 11) is 0. The van der Waals surface area contributed by atoms with E-state index in [0.29, 0.717) is 12.0 Å². The lowest BCUT2D eigenvalue weighted by Crippen LogP contribution is -2.35. The molecule has 1 aromatic carbocycles. The maximum absolute atomic E-state index is 12.6. The van der Waals surface area contributed by atoms with Crippen molar-refractivity contribution in [3.05, 3.63) is 28.3 Å². The number of benzene rings is 1. The molecule has 2 N–H and O–H groups in total. The maximum atomic E-state index is 12.6. The van der Waals surface area contributed by atoms with Crippen LogP contribution in [0.4, 0.5) is 13.2 Å². The fourth-order valence-electron chi connectivity index (χ4n) is 2.33. The minimum absolute atomic E-state index is 0.0281. The van der Waals surface area contributed by atoms with Gasteiger partial charge in [0.1, 0.15) is 5.75 Å². The molecule has 0 amide bonds. The highest BCUT2D eigenvalue weighted by molar-refractivity contribution is 6.31. The number of alkyl halides is 3. The highest BCUT2D eigenvalue weighted by atomic mass is 35.5. The Labute approximate surface area is 114 Å². The normalized spacial score (nSPS) is 20.5. The van der Waals surface area contributed by atoms with Gasteiger partial charge in [0, 0.05) is 16.6 Å². The van der Waals surface area contributed by atoms with Gasteiger partial charge in [-0.25, -0.2) is 0 Å². The van der Waals surface area contributed by atoms with Crippen molar-refractivity contribution in [3.8, 4) is 5.75 Å². The van der Waals surface area contributed by atoms with Crippen LogP contribution >= 0.6 is 11.6 Å². The number of rotatable bonds is 2. The molecule has 0 aromatic heterocycles. The first-order valence-corrected chi connectivity index (χ1v) is 6.57. The molecule has 0 spiro atoms. The molecular weight excluding hydrogens is 279 g/mol. The molecule has 0 radical (unpaired) electrons. The van der Waals surface area contributed by atoms with Crippen molar-refractivity contribution in [2.24, 2.45) is 0 Å². The Bertz CT molecular complexity index is 433. The first-order chi connectivity index (χ1) is 8.88. The molecule has 1 saturated heterocycles. The van der Waals surface area contributed by atoms with Gasteiger partial charge in [0.15, 0.2) is 0 Å². The predicted molar refractivity (Wildman–Crippen MR) is 67.5 cm³/mol. The van der Waals surface area contributed by atoms with Crippen molar-refractivity contribution >= 4 is 11.6 Å². The number of hydrogen-bond acceptors (Lipinski definition) is 2. The van der Waals surface area contributed by atoms with E-state index in [1.54, 1.807) is 0 Å². The molecule has 2 rings (SSSR count).